The maximum atomic E-state index is 2.93. The molecule has 2 nitrogen and oxygen atoms in total. The van der Waals surface area contributed by atoms with E-state index in [1.165, 1.54) is 51.6 Å². The molecule has 4 aliphatic rings. The summed E-state index contributed by atoms with van der Waals surface area (Å²) in [4.78, 5) is 5.72. The highest BCUT2D eigenvalue weighted by Gasteiger charge is 2.45. The quantitative estimate of drug-likeness (QED) is 0.702. The minimum absolute atomic E-state index is 0.347. The average Bonchev–Trinajstić information content (AvgIpc) is 2.46. The molecule has 0 spiro atoms. The van der Waals surface area contributed by atoms with Crippen LogP contribution in [0.25, 0.3) is 0 Å². The predicted molar refractivity (Wildman–Crippen MR) is 95.2 cm³/mol. The summed E-state index contributed by atoms with van der Waals surface area (Å²) in [5, 5.41) is 0. The Kier molecular flexibility index (Phi) is 4.40. The lowest BCUT2D eigenvalue weighted by atomic mass is 9.70. The Morgan fingerprint density at radius 3 is 1.64 bits per heavy atom. The lowest BCUT2D eigenvalue weighted by Crippen LogP contribution is -2.68. The van der Waals surface area contributed by atoms with Crippen molar-refractivity contribution >= 4 is 0 Å². The zero-order valence-electron chi connectivity index (χ0n) is 15.9. The van der Waals surface area contributed by atoms with Crippen LogP contribution in [0.3, 0.4) is 0 Å². The van der Waals surface area contributed by atoms with E-state index in [-0.39, 0.29) is 0 Å². The summed E-state index contributed by atoms with van der Waals surface area (Å²) in [6, 6.07) is 2.53. The Bertz CT molecular complexity index is 381. The van der Waals surface area contributed by atoms with E-state index in [2.05, 4.69) is 51.3 Å². The lowest BCUT2D eigenvalue weighted by Gasteiger charge is -2.58. The summed E-state index contributed by atoms with van der Waals surface area (Å²) in [5.41, 5.74) is 0.855. The Hall–Kier alpha value is -0.0800. The number of rotatable bonds is 1. The van der Waals surface area contributed by atoms with Crippen LogP contribution in [0.15, 0.2) is 0 Å². The number of nitrogens with zero attached hydrogens (tertiary/aromatic N) is 2. The average molecular weight is 307 g/mol. The molecule has 22 heavy (non-hydrogen) atoms. The third kappa shape index (κ3) is 3.24. The van der Waals surface area contributed by atoms with Crippen LogP contribution in [0.4, 0.5) is 0 Å². The Balaban J connectivity index is 1.60. The fourth-order valence-corrected chi connectivity index (χ4v) is 5.40. The monoisotopic (exact) mass is 306 g/mol. The van der Waals surface area contributed by atoms with Gasteiger partial charge in [0.2, 0.25) is 0 Å². The highest BCUT2D eigenvalue weighted by molar-refractivity contribution is 5.01. The number of piperazine rings is 1. The Morgan fingerprint density at radius 2 is 1.18 bits per heavy atom. The van der Waals surface area contributed by atoms with E-state index in [4.69, 9.17) is 0 Å². The summed E-state index contributed by atoms with van der Waals surface area (Å²) < 4.78 is 0. The van der Waals surface area contributed by atoms with Gasteiger partial charge in [0.1, 0.15) is 0 Å². The van der Waals surface area contributed by atoms with Gasteiger partial charge in [-0.2, -0.15) is 0 Å². The SMILES string of the molecule is CC(C)(C)C1CCC(N2CC3CCC2CN3C(C)(C)C)CC1. The Labute approximate surface area is 138 Å². The van der Waals surface area contributed by atoms with E-state index >= 15 is 0 Å². The van der Waals surface area contributed by atoms with Gasteiger partial charge in [-0.25, -0.2) is 0 Å². The second kappa shape index (κ2) is 5.77. The van der Waals surface area contributed by atoms with Crippen molar-refractivity contribution < 1.29 is 0 Å². The van der Waals surface area contributed by atoms with Crippen LogP contribution in [0.5, 0.6) is 0 Å². The zero-order valence-corrected chi connectivity index (χ0v) is 15.9. The molecule has 0 radical (unpaired) electrons. The summed E-state index contributed by atoms with van der Waals surface area (Å²) in [5.74, 6) is 0.941. The zero-order chi connectivity index (χ0) is 16.1. The molecule has 2 heteroatoms. The van der Waals surface area contributed by atoms with Gasteiger partial charge in [0.25, 0.3) is 0 Å². The first-order chi connectivity index (χ1) is 10.2. The largest absolute Gasteiger partial charge is 0.295 e. The molecule has 3 aliphatic heterocycles. The molecule has 2 bridgehead atoms. The van der Waals surface area contributed by atoms with Crippen molar-refractivity contribution in [2.24, 2.45) is 11.3 Å². The van der Waals surface area contributed by atoms with Crippen LogP contribution >= 0.6 is 0 Å². The number of hydrogen-bond acceptors (Lipinski definition) is 2. The van der Waals surface area contributed by atoms with Crippen LogP contribution in [0.2, 0.25) is 0 Å². The maximum Gasteiger partial charge on any atom is 0.0229 e. The van der Waals surface area contributed by atoms with Gasteiger partial charge in [-0.3, -0.25) is 9.80 Å². The van der Waals surface area contributed by atoms with Gasteiger partial charge in [0.15, 0.2) is 0 Å². The van der Waals surface area contributed by atoms with Crippen molar-refractivity contribution in [3.05, 3.63) is 0 Å². The predicted octanol–water partition coefficient (Wildman–Crippen LogP) is 4.54. The van der Waals surface area contributed by atoms with Crippen LogP contribution in [0, 0.1) is 11.3 Å². The van der Waals surface area contributed by atoms with Gasteiger partial charge in [0, 0.05) is 36.8 Å². The molecule has 0 aromatic carbocycles. The number of piperidine rings is 2. The molecule has 3 saturated heterocycles. The maximum absolute atomic E-state index is 2.93. The van der Waals surface area contributed by atoms with E-state index in [1.54, 1.807) is 0 Å². The van der Waals surface area contributed by atoms with Crippen molar-refractivity contribution in [2.45, 2.75) is 104 Å². The molecule has 3 heterocycles. The molecule has 0 N–H and O–H groups in total. The third-order valence-corrected chi connectivity index (χ3v) is 6.82. The number of fused-ring (bicyclic) bond motifs is 3. The van der Waals surface area contributed by atoms with Gasteiger partial charge >= 0.3 is 0 Å². The van der Waals surface area contributed by atoms with Gasteiger partial charge in [-0.05, 0) is 70.6 Å². The second-order valence-electron chi connectivity index (χ2n) is 10.3. The highest BCUT2D eigenvalue weighted by atomic mass is 15.4. The van der Waals surface area contributed by atoms with Gasteiger partial charge in [0.05, 0.1) is 0 Å². The van der Waals surface area contributed by atoms with Crippen molar-refractivity contribution in [1.29, 1.82) is 0 Å². The van der Waals surface area contributed by atoms with E-state index in [1.807, 2.05) is 0 Å². The molecule has 128 valence electrons. The van der Waals surface area contributed by atoms with E-state index in [0.717, 1.165) is 24.0 Å². The van der Waals surface area contributed by atoms with Crippen molar-refractivity contribution in [3.63, 3.8) is 0 Å². The minimum atomic E-state index is 0.347. The summed E-state index contributed by atoms with van der Waals surface area (Å²) in [7, 11) is 0. The van der Waals surface area contributed by atoms with Gasteiger partial charge in [-0.1, -0.05) is 20.8 Å². The molecule has 0 aromatic rings. The van der Waals surface area contributed by atoms with Gasteiger partial charge in [-0.15, -0.1) is 0 Å². The summed E-state index contributed by atoms with van der Waals surface area (Å²) in [6.45, 7) is 17.1. The van der Waals surface area contributed by atoms with Crippen LogP contribution < -0.4 is 0 Å². The summed E-state index contributed by atoms with van der Waals surface area (Å²) in [6.07, 6.45) is 8.66. The van der Waals surface area contributed by atoms with Crippen molar-refractivity contribution in [2.75, 3.05) is 13.1 Å². The fourth-order valence-electron chi connectivity index (χ4n) is 5.40. The molecule has 2 unspecified atom stereocenters. The first-order valence-corrected chi connectivity index (χ1v) is 9.69. The molecule has 0 aromatic heterocycles. The topological polar surface area (TPSA) is 6.48 Å². The molecule has 4 rings (SSSR count). The molecule has 2 atom stereocenters. The fraction of sp³-hybridized carbons (Fsp3) is 1.00. The summed E-state index contributed by atoms with van der Waals surface area (Å²) >= 11 is 0. The van der Waals surface area contributed by atoms with Gasteiger partial charge < -0.3 is 0 Å². The molecule has 1 aliphatic carbocycles. The third-order valence-electron chi connectivity index (χ3n) is 6.82. The van der Waals surface area contributed by atoms with Crippen molar-refractivity contribution in [3.8, 4) is 0 Å². The molecule has 1 saturated carbocycles. The van der Waals surface area contributed by atoms with Crippen LogP contribution in [-0.4, -0.2) is 46.6 Å². The standard InChI is InChI=1S/C20H38N2/c1-19(2,3)15-7-9-16(10-8-15)21-13-18-12-11-17(21)14-22(18)20(4,5)6/h15-18H,7-14H2,1-6H3. The normalized spacial score (nSPS) is 38.5. The van der Waals surface area contributed by atoms with Crippen LogP contribution in [-0.2, 0) is 0 Å². The van der Waals surface area contributed by atoms with Crippen LogP contribution in [0.1, 0.15) is 80.1 Å². The lowest BCUT2D eigenvalue weighted by molar-refractivity contribution is -0.0875. The molecule has 0 amide bonds. The molecular formula is C20H38N2. The molecular weight excluding hydrogens is 268 g/mol. The second-order valence-corrected chi connectivity index (χ2v) is 10.3. The van der Waals surface area contributed by atoms with E-state index < -0.39 is 0 Å². The van der Waals surface area contributed by atoms with E-state index in [9.17, 15) is 0 Å². The minimum Gasteiger partial charge on any atom is -0.295 e. The van der Waals surface area contributed by atoms with E-state index in [0.29, 0.717) is 11.0 Å². The van der Waals surface area contributed by atoms with Crippen molar-refractivity contribution in [1.82, 2.24) is 9.80 Å². The first kappa shape index (κ1) is 16.8. The smallest absolute Gasteiger partial charge is 0.0229 e. The highest BCUT2D eigenvalue weighted by Crippen LogP contribution is 2.42. The first-order valence-electron chi connectivity index (χ1n) is 9.69. The molecule has 4 fully saturated rings. The Morgan fingerprint density at radius 1 is 0.636 bits per heavy atom. The number of hydrogen-bond donors (Lipinski definition) is 0.